The number of rotatable bonds is 6. The van der Waals surface area contributed by atoms with E-state index in [1.807, 2.05) is 51.1 Å². The number of fused-ring (bicyclic) bond motifs is 1. The molecule has 3 rings (SSSR count). The molecule has 0 radical (unpaired) electrons. The average Bonchev–Trinajstić information content (AvgIpc) is 2.66. The number of piperidine rings is 1. The third-order valence-electron chi connectivity index (χ3n) is 6.11. The lowest BCUT2D eigenvalue weighted by Gasteiger charge is -2.48. The largest absolute Gasteiger partial charge is 0.861 e. The molecule has 0 bridgehead atoms. The predicted molar refractivity (Wildman–Crippen MR) is 118 cm³/mol. The monoisotopic (exact) mass is 419 g/mol. The van der Waals surface area contributed by atoms with Crippen molar-refractivity contribution in [3.8, 4) is 0 Å². The fourth-order valence-corrected chi connectivity index (χ4v) is 5.58. The van der Waals surface area contributed by atoms with Crippen molar-refractivity contribution in [1.29, 1.82) is 0 Å². The van der Waals surface area contributed by atoms with E-state index in [-0.39, 0.29) is 22.9 Å². The molecule has 0 amide bonds. The van der Waals surface area contributed by atoms with Crippen molar-refractivity contribution in [2.24, 2.45) is 16.8 Å². The first-order valence-corrected chi connectivity index (χ1v) is 11.8. The highest BCUT2D eigenvalue weighted by molar-refractivity contribution is 7.99. The number of nitrogens with zero attached hydrogens (tertiary/aromatic N) is 2. The molecule has 1 heterocycles. The lowest BCUT2D eigenvalue weighted by Crippen LogP contribution is -2.67. The molecule has 1 aliphatic heterocycles. The third kappa shape index (κ3) is 6.45. The molecule has 162 valence electrons. The highest BCUT2D eigenvalue weighted by Crippen LogP contribution is 2.39. The van der Waals surface area contributed by atoms with Crippen LogP contribution in [0.3, 0.4) is 0 Å². The van der Waals surface area contributed by atoms with Crippen LogP contribution in [0.15, 0.2) is 40.2 Å². The van der Waals surface area contributed by atoms with Crippen molar-refractivity contribution in [2.45, 2.75) is 80.8 Å². The Morgan fingerprint density at radius 2 is 1.90 bits per heavy atom. The van der Waals surface area contributed by atoms with Crippen LogP contribution in [-0.4, -0.2) is 52.1 Å². The standard InChI is InChI=1S/C23H37N3O2S/c1-23(2,3)25-22(28)19-13-16-9-7-8-10-17(16)14-26(19)15-20(27)21(24)29-18-11-5-4-6-12-18/h4-6,11-12,16-17,19-21,27H,7-10,13-15,24H2,1-3H3,(H,25,28)/t16-,17+,19-,20+,21-/m0/s1. The van der Waals surface area contributed by atoms with Gasteiger partial charge < -0.3 is 15.9 Å². The average molecular weight is 420 g/mol. The number of aliphatic hydroxyl groups is 1. The van der Waals surface area contributed by atoms with Gasteiger partial charge in [0.05, 0.1) is 5.54 Å². The van der Waals surface area contributed by atoms with E-state index >= 15 is 0 Å². The molecule has 2 fully saturated rings. The number of aliphatic hydroxyl groups excluding tert-OH is 1. The summed E-state index contributed by atoms with van der Waals surface area (Å²) in [5, 5.41) is 23.7. The zero-order valence-electron chi connectivity index (χ0n) is 18.1. The highest BCUT2D eigenvalue weighted by Gasteiger charge is 2.38. The van der Waals surface area contributed by atoms with E-state index in [0.29, 0.717) is 18.4 Å². The van der Waals surface area contributed by atoms with Crippen LogP contribution in [-0.2, 0) is 0 Å². The number of β-amino-alcohol motifs (C(OH)–C–C–N with tert-alkyl or cyclic N) is 1. The number of thioether (sulfide) groups is 1. The van der Waals surface area contributed by atoms with E-state index in [1.54, 1.807) is 11.8 Å². The first-order valence-electron chi connectivity index (χ1n) is 11.0. The van der Waals surface area contributed by atoms with Crippen molar-refractivity contribution in [3.63, 3.8) is 0 Å². The van der Waals surface area contributed by atoms with Crippen LogP contribution in [0.2, 0.25) is 0 Å². The number of aliphatic imine (C=N–C) groups is 1. The van der Waals surface area contributed by atoms with Gasteiger partial charge in [-0.25, -0.2) is 0 Å². The molecule has 1 aromatic rings. The van der Waals surface area contributed by atoms with E-state index in [2.05, 4.69) is 15.6 Å². The normalized spacial score (nSPS) is 28.6. The minimum Gasteiger partial charge on any atom is -0.861 e. The summed E-state index contributed by atoms with van der Waals surface area (Å²) in [5.74, 6) is 1.24. The van der Waals surface area contributed by atoms with E-state index in [1.165, 1.54) is 25.7 Å². The SMILES string of the molecule is CC(C)(C)N=C([O-])[C@@H]1C[C@@H]2CCCC[C@@H]2CN1C[C@@H](O)[C@@H]([NH3+])Sc1ccccc1. The van der Waals surface area contributed by atoms with Gasteiger partial charge in [0.1, 0.15) is 6.10 Å². The van der Waals surface area contributed by atoms with Crippen LogP contribution in [0.1, 0.15) is 52.9 Å². The Bertz CT molecular complexity index is 676. The van der Waals surface area contributed by atoms with Crippen molar-refractivity contribution in [3.05, 3.63) is 30.3 Å². The second kappa shape index (κ2) is 9.82. The topological polar surface area (TPSA) is 86.5 Å². The van der Waals surface area contributed by atoms with Crippen molar-refractivity contribution >= 4 is 17.7 Å². The van der Waals surface area contributed by atoms with Crippen molar-refractivity contribution in [1.82, 2.24) is 4.90 Å². The second-order valence-corrected chi connectivity index (χ2v) is 11.0. The molecule has 1 aromatic carbocycles. The fraction of sp³-hybridized carbons (Fsp3) is 0.696. The molecule has 29 heavy (non-hydrogen) atoms. The van der Waals surface area contributed by atoms with Crippen molar-refractivity contribution < 1.29 is 15.9 Å². The van der Waals surface area contributed by atoms with E-state index in [0.717, 1.165) is 17.9 Å². The van der Waals surface area contributed by atoms with E-state index in [4.69, 9.17) is 0 Å². The van der Waals surface area contributed by atoms with E-state index in [9.17, 15) is 10.2 Å². The first kappa shape index (κ1) is 22.6. The third-order valence-corrected chi connectivity index (χ3v) is 7.28. The fourth-order valence-electron chi connectivity index (χ4n) is 4.67. The molecule has 1 aliphatic carbocycles. The molecule has 5 nitrogen and oxygen atoms in total. The molecule has 0 unspecified atom stereocenters. The zero-order chi connectivity index (χ0) is 21.0. The maximum atomic E-state index is 13.0. The van der Waals surface area contributed by atoms with Gasteiger partial charge in [0.2, 0.25) is 0 Å². The number of likely N-dealkylation sites (tertiary alicyclic amines) is 1. The smallest absolute Gasteiger partial charge is 0.163 e. The Labute approximate surface area is 179 Å². The molecule has 1 saturated carbocycles. The molecule has 2 aliphatic rings. The quantitative estimate of drug-likeness (QED) is 0.320. The van der Waals surface area contributed by atoms with Gasteiger partial charge in [-0.2, -0.15) is 0 Å². The summed E-state index contributed by atoms with van der Waals surface area (Å²) in [6, 6.07) is 9.85. The molecule has 0 aromatic heterocycles. The van der Waals surface area contributed by atoms with Gasteiger partial charge in [0.25, 0.3) is 0 Å². The minimum atomic E-state index is -0.592. The molecule has 5 atom stereocenters. The highest BCUT2D eigenvalue weighted by atomic mass is 32.2. The molecule has 4 N–H and O–H groups in total. The van der Waals surface area contributed by atoms with Gasteiger partial charge in [-0.05, 0) is 63.5 Å². The Hall–Kier alpha value is -1.08. The van der Waals surface area contributed by atoms with Gasteiger partial charge in [0, 0.05) is 24.0 Å². The number of benzene rings is 1. The Morgan fingerprint density at radius 3 is 2.55 bits per heavy atom. The first-order chi connectivity index (χ1) is 13.7. The maximum absolute atomic E-state index is 13.0. The molecular formula is C23H37N3O2S. The van der Waals surface area contributed by atoms with Crippen LogP contribution in [0.25, 0.3) is 0 Å². The summed E-state index contributed by atoms with van der Waals surface area (Å²) in [7, 11) is 0. The van der Waals surface area contributed by atoms with Gasteiger partial charge in [-0.1, -0.05) is 49.2 Å². The summed E-state index contributed by atoms with van der Waals surface area (Å²) in [6.45, 7) is 7.28. The van der Waals surface area contributed by atoms with Crippen molar-refractivity contribution in [2.75, 3.05) is 13.1 Å². The van der Waals surface area contributed by atoms with Crippen LogP contribution in [0.5, 0.6) is 0 Å². The van der Waals surface area contributed by atoms with Crippen LogP contribution in [0, 0.1) is 11.8 Å². The van der Waals surface area contributed by atoms with Gasteiger partial charge >= 0.3 is 0 Å². The lowest BCUT2D eigenvalue weighted by atomic mass is 9.72. The Balaban J connectivity index is 1.71. The Kier molecular flexibility index (Phi) is 7.65. The van der Waals surface area contributed by atoms with E-state index < -0.39 is 6.10 Å². The summed E-state index contributed by atoms with van der Waals surface area (Å²) < 4.78 is 0. The minimum absolute atomic E-state index is 0.0231. The maximum Gasteiger partial charge on any atom is 0.163 e. The molecule has 6 heteroatoms. The zero-order valence-corrected chi connectivity index (χ0v) is 18.9. The number of hydrogen-bond acceptors (Lipinski definition) is 5. The van der Waals surface area contributed by atoms with Gasteiger partial charge in [-0.15, -0.1) is 0 Å². The lowest BCUT2D eigenvalue weighted by molar-refractivity contribution is -0.403. The van der Waals surface area contributed by atoms with Crippen LogP contribution in [0.4, 0.5) is 0 Å². The summed E-state index contributed by atoms with van der Waals surface area (Å²) in [5.41, 5.74) is 3.82. The number of quaternary nitrogens is 1. The predicted octanol–water partition coefficient (Wildman–Crippen LogP) is 2.15. The van der Waals surface area contributed by atoms with Crippen LogP contribution < -0.4 is 10.8 Å². The molecular weight excluding hydrogens is 382 g/mol. The number of hydrogen-bond donors (Lipinski definition) is 2. The summed E-state index contributed by atoms with van der Waals surface area (Å²) in [4.78, 5) is 7.77. The van der Waals surface area contributed by atoms with Crippen LogP contribution >= 0.6 is 11.8 Å². The van der Waals surface area contributed by atoms with Gasteiger partial charge in [-0.3, -0.25) is 9.89 Å². The van der Waals surface area contributed by atoms with Gasteiger partial charge in [0.15, 0.2) is 5.37 Å². The summed E-state index contributed by atoms with van der Waals surface area (Å²) >= 11 is 1.59. The Morgan fingerprint density at radius 1 is 1.24 bits per heavy atom. The summed E-state index contributed by atoms with van der Waals surface area (Å²) in [6.07, 6.45) is 5.30. The molecule has 1 saturated heterocycles. The second-order valence-electron chi connectivity index (χ2n) is 9.67. The molecule has 0 spiro atoms.